The molecule has 0 aromatic carbocycles. The number of nitrogens with zero attached hydrogens (tertiary/aromatic N) is 2. The second kappa shape index (κ2) is 6.61. The Morgan fingerprint density at radius 3 is 2.55 bits per heavy atom. The number of aromatic nitrogens is 1. The maximum atomic E-state index is 6.21. The molecule has 1 aromatic heterocycles. The smallest absolute Gasteiger partial charge is 0.135 e. The van der Waals surface area contributed by atoms with E-state index in [2.05, 4.69) is 15.2 Å². The normalized spacial score (nSPS) is 20.6. The number of rotatable bonds is 5. The van der Waals surface area contributed by atoms with Crippen LogP contribution in [0.25, 0.3) is 0 Å². The van der Waals surface area contributed by atoms with Gasteiger partial charge in [-0.05, 0) is 50.8 Å². The monoisotopic (exact) mass is 313 g/mol. The number of hydrogen-bond acceptors (Lipinski definition) is 3. The molecule has 0 spiro atoms. The van der Waals surface area contributed by atoms with Crippen molar-refractivity contribution in [3.05, 3.63) is 28.0 Å². The fraction of sp³-hybridized carbons (Fsp3) is 0.667. The van der Waals surface area contributed by atoms with Gasteiger partial charge in [0.15, 0.2) is 0 Å². The molecule has 0 atom stereocenters. The first kappa shape index (κ1) is 14.6. The van der Waals surface area contributed by atoms with Gasteiger partial charge < -0.3 is 5.32 Å². The SMILES string of the molecule is Clc1ccc(CN(CC2CCNCC2)C2CC2)c(Cl)n1. The Labute approximate surface area is 130 Å². The molecule has 3 nitrogen and oxygen atoms in total. The molecular formula is C15H21Cl2N3. The highest BCUT2D eigenvalue weighted by molar-refractivity contribution is 6.32. The third kappa shape index (κ3) is 3.85. The highest BCUT2D eigenvalue weighted by Gasteiger charge is 2.31. The molecule has 0 bridgehead atoms. The van der Waals surface area contributed by atoms with E-state index in [0.717, 1.165) is 37.2 Å². The highest BCUT2D eigenvalue weighted by Crippen LogP contribution is 2.31. The Morgan fingerprint density at radius 2 is 1.90 bits per heavy atom. The summed E-state index contributed by atoms with van der Waals surface area (Å²) in [6.07, 6.45) is 5.22. The number of piperidine rings is 1. The standard InChI is InChI=1S/C15H21Cl2N3/c16-14-4-1-12(15(17)19-14)10-20(13-2-3-13)9-11-5-7-18-8-6-11/h1,4,11,13,18H,2-3,5-10H2. The van der Waals surface area contributed by atoms with E-state index in [1.165, 1.54) is 32.2 Å². The van der Waals surface area contributed by atoms with Crippen LogP contribution in [0.5, 0.6) is 0 Å². The Balaban J connectivity index is 1.64. The number of halogens is 2. The number of nitrogens with one attached hydrogen (secondary N) is 1. The van der Waals surface area contributed by atoms with Crippen molar-refractivity contribution in [2.45, 2.75) is 38.3 Å². The summed E-state index contributed by atoms with van der Waals surface area (Å²) in [6.45, 7) is 4.40. The van der Waals surface area contributed by atoms with Crippen molar-refractivity contribution in [1.29, 1.82) is 0 Å². The van der Waals surface area contributed by atoms with Crippen LogP contribution >= 0.6 is 23.2 Å². The van der Waals surface area contributed by atoms with Gasteiger partial charge in [-0.3, -0.25) is 4.90 Å². The maximum Gasteiger partial charge on any atom is 0.135 e. The Morgan fingerprint density at radius 1 is 1.15 bits per heavy atom. The molecule has 2 fully saturated rings. The Bertz CT molecular complexity index is 456. The summed E-state index contributed by atoms with van der Waals surface area (Å²) in [7, 11) is 0. The van der Waals surface area contributed by atoms with Crippen molar-refractivity contribution < 1.29 is 0 Å². The number of hydrogen-bond donors (Lipinski definition) is 1. The molecule has 0 radical (unpaired) electrons. The van der Waals surface area contributed by atoms with Crippen molar-refractivity contribution in [2.75, 3.05) is 19.6 Å². The van der Waals surface area contributed by atoms with Crippen LogP contribution in [-0.4, -0.2) is 35.6 Å². The largest absolute Gasteiger partial charge is 0.317 e. The van der Waals surface area contributed by atoms with Crippen molar-refractivity contribution in [3.63, 3.8) is 0 Å². The molecule has 1 N–H and O–H groups in total. The Hall–Kier alpha value is -0.350. The molecule has 1 saturated carbocycles. The molecule has 2 heterocycles. The molecule has 1 saturated heterocycles. The van der Waals surface area contributed by atoms with Gasteiger partial charge in [-0.2, -0.15) is 0 Å². The van der Waals surface area contributed by atoms with E-state index in [4.69, 9.17) is 23.2 Å². The third-order valence-electron chi connectivity index (χ3n) is 4.28. The minimum absolute atomic E-state index is 0.468. The van der Waals surface area contributed by atoms with E-state index in [0.29, 0.717) is 10.3 Å². The third-order valence-corrected chi connectivity index (χ3v) is 4.82. The predicted molar refractivity (Wildman–Crippen MR) is 83.3 cm³/mol. The van der Waals surface area contributed by atoms with Crippen LogP contribution in [0, 0.1) is 5.92 Å². The molecule has 1 aliphatic carbocycles. The lowest BCUT2D eigenvalue weighted by Crippen LogP contribution is -2.37. The average molecular weight is 314 g/mol. The lowest BCUT2D eigenvalue weighted by molar-refractivity contribution is 0.190. The summed E-state index contributed by atoms with van der Waals surface area (Å²) < 4.78 is 0. The summed E-state index contributed by atoms with van der Waals surface area (Å²) in [5.41, 5.74) is 1.09. The van der Waals surface area contributed by atoms with Gasteiger partial charge in [-0.15, -0.1) is 0 Å². The summed E-state index contributed by atoms with van der Waals surface area (Å²) in [5, 5.41) is 4.45. The van der Waals surface area contributed by atoms with E-state index in [1.807, 2.05) is 12.1 Å². The number of pyridine rings is 1. The van der Waals surface area contributed by atoms with E-state index in [1.54, 1.807) is 0 Å². The van der Waals surface area contributed by atoms with Gasteiger partial charge in [-0.25, -0.2) is 4.98 Å². The molecule has 0 amide bonds. The molecule has 1 aliphatic heterocycles. The molecule has 20 heavy (non-hydrogen) atoms. The van der Waals surface area contributed by atoms with Crippen LogP contribution in [0.4, 0.5) is 0 Å². The van der Waals surface area contributed by atoms with E-state index < -0.39 is 0 Å². The van der Waals surface area contributed by atoms with Gasteiger partial charge in [0.1, 0.15) is 10.3 Å². The maximum absolute atomic E-state index is 6.21. The lowest BCUT2D eigenvalue weighted by atomic mass is 9.97. The lowest BCUT2D eigenvalue weighted by Gasteiger charge is -2.30. The predicted octanol–water partition coefficient (Wildman–Crippen LogP) is 3.35. The first-order chi connectivity index (χ1) is 9.72. The van der Waals surface area contributed by atoms with Crippen LogP contribution in [0.2, 0.25) is 10.3 Å². The van der Waals surface area contributed by atoms with Crippen molar-refractivity contribution in [1.82, 2.24) is 15.2 Å². The minimum Gasteiger partial charge on any atom is -0.317 e. The summed E-state index contributed by atoms with van der Waals surface area (Å²) in [6, 6.07) is 4.59. The average Bonchev–Trinajstić information content (AvgIpc) is 3.26. The van der Waals surface area contributed by atoms with Crippen LogP contribution < -0.4 is 5.32 Å². The van der Waals surface area contributed by atoms with Crippen LogP contribution in [-0.2, 0) is 6.54 Å². The molecular weight excluding hydrogens is 293 g/mol. The molecule has 3 rings (SSSR count). The van der Waals surface area contributed by atoms with E-state index in [-0.39, 0.29) is 0 Å². The van der Waals surface area contributed by atoms with Gasteiger partial charge in [0.25, 0.3) is 0 Å². The quantitative estimate of drug-likeness (QED) is 0.845. The minimum atomic E-state index is 0.468. The van der Waals surface area contributed by atoms with Gasteiger partial charge in [0.2, 0.25) is 0 Å². The zero-order chi connectivity index (χ0) is 13.9. The molecule has 5 heteroatoms. The second-order valence-corrected chi connectivity index (χ2v) is 6.68. The molecule has 2 aliphatic rings. The van der Waals surface area contributed by atoms with Gasteiger partial charge in [0.05, 0.1) is 0 Å². The van der Waals surface area contributed by atoms with E-state index >= 15 is 0 Å². The van der Waals surface area contributed by atoms with Crippen LogP contribution in [0.1, 0.15) is 31.2 Å². The van der Waals surface area contributed by atoms with Crippen molar-refractivity contribution in [3.8, 4) is 0 Å². The van der Waals surface area contributed by atoms with Gasteiger partial charge in [-0.1, -0.05) is 29.3 Å². The zero-order valence-electron chi connectivity index (χ0n) is 11.6. The highest BCUT2D eigenvalue weighted by atomic mass is 35.5. The summed E-state index contributed by atoms with van der Waals surface area (Å²) in [4.78, 5) is 6.74. The van der Waals surface area contributed by atoms with Crippen molar-refractivity contribution >= 4 is 23.2 Å². The first-order valence-electron chi connectivity index (χ1n) is 7.48. The van der Waals surface area contributed by atoms with Gasteiger partial charge >= 0.3 is 0 Å². The van der Waals surface area contributed by atoms with E-state index in [9.17, 15) is 0 Å². The zero-order valence-corrected chi connectivity index (χ0v) is 13.1. The van der Waals surface area contributed by atoms with Crippen LogP contribution in [0.15, 0.2) is 12.1 Å². The summed E-state index contributed by atoms with van der Waals surface area (Å²) in [5.74, 6) is 0.816. The first-order valence-corrected chi connectivity index (χ1v) is 8.23. The molecule has 0 unspecified atom stereocenters. The van der Waals surface area contributed by atoms with Crippen LogP contribution in [0.3, 0.4) is 0 Å². The fourth-order valence-electron chi connectivity index (χ4n) is 2.96. The molecule has 1 aromatic rings. The topological polar surface area (TPSA) is 28.2 Å². The second-order valence-electron chi connectivity index (χ2n) is 5.94. The molecule has 110 valence electrons. The van der Waals surface area contributed by atoms with Crippen molar-refractivity contribution in [2.24, 2.45) is 5.92 Å². The Kier molecular flexibility index (Phi) is 4.82. The fourth-order valence-corrected chi connectivity index (χ4v) is 3.36. The summed E-state index contributed by atoms with van der Waals surface area (Å²) >= 11 is 12.1. The van der Waals surface area contributed by atoms with Gasteiger partial charge in [0, 0.05) is 24.7 Å².